The Morgan fingerprint density at radius 2 is 1.57 bits per heavy atom. The van der Waals surface area contributed by atoms with Crippen LogP contribution in [0.15, 0.2) is 60.7 Å². The number of nitro benzene ring substituents is 2. The third-order valence-electron chi connectivity index (χ3n) is 5.12. The second-order valence-corrected chi connectivity index (χ2v) is 6.98. The van der Waals surface area contributed by atoms with E-state index in [0.29, 0.717) is 11.1 Å². The molecule has 10 nitrogen and oxygen atoms in total. The number of rotatable bonds is 4. The maximum Gasteiger partial charge on any atom is 0.333 e. The van der Waals surface area contributed by atoms with Crippen LogP contribution < -0.4 is 0 Å². The number of esters is 1. The maximum absolute atomic E-state index is 11.8. The van der Waals surface area contributed by atoms with Crippen molar-refractivity contribution >= 4 is 17.3 Å². The summed E-state index contributed by atoms with van der Waals surface area (Å²) in [4.78, 5) is 33.1. The van der Waals surface area contributed by atoms with E-state index in [0.717, 1.165) is 0 Å². The van der Waals surface area contributed by atoms with Gasteiger partial charge < -0.3 is 14.2 Å². The number of benzene rings is 2. The van der Waals surface area contributed by atoms with Crippen LogP contribution in [0.5, 0.6) is 0 Å². The third-order valence-corrected chi connectivity index (χ3v) is 5.12. The smallest absolute Gasteiger partial charge is 0.333 e. The molecule has 0 radical (unpaired) electrons. The fourth-order valence-corrected chi connectivity index (χ4v) is 3.60. The topological polar surface area (TPSA) is 131 Å². The van der Waals surface area contributed by atoms with Crippen molar-refractivity contribution in [3.63, 3.8) is 0 Å². The largest absolute Gasteiger partial charge is 0.426 e. The van der Waals surface area contributed by atoms with E-state index < -0.39 is 39.9 Å². The number of hydrogen-bond acceptors (Lipinski definition) is 8. The summed E-state index contributed by atoms with van der Waals surface area (Å²) in [5.74, 6) is -2.63. The molecule has 2 heterocycles. The highest BCUT2D eigenvalue weighted by Gasteiger charge is 2.53. The highest BCUT2D eigenvalue weighted by atomic mass is 16.8. The third kappa shape index (κ3) is 3.42. The van der Waals surface area contributed by atoms with Crippen LogP contribution in [0, 0.1) is 26.1 Å². The SMILES string of the molecule is CC1[C@@H](c2cccc([N+](=O)[O-])c2)O[C@@H](c2cccc([N+](=O)[O-])c2)O[C@@]12C=CC(=O)O2. The van der Waals surface area contributed by atoms with Gasteiger partial charge >= 0.3 is 5.97 Å². The first-order valence-electron chi connectivity index (χ1n) is 9.03. The summed E-state index contributed by atoms with van der Waals surface area (Å²) in [6, 6.07) is 11.7. The van der Waals surface area contributed by atoms with Gasteiger partial charge in [0, 0.05) is 35.9 Å². The molecule has 0 amide bonds. The molecule has 2 aliphatic heterocycles. The van der Waals surface area contributed by atoms with Gasteiger partial charge in [0.2, 0.25) is 5.79 Å². The Balaban J connectivity index is 1.77. The number of carbonyl (C=O) groups is 1. The molecular formula is C20H16N2O8. The fraction of sp³-hybridized carbons (Fsp3) is 0.250. The number of carbonyl (C=O) groups excluding carboxylic acids is 1. The standard InChI is InChI=1S/C20H16N2O8/c1-12-18(13-4-2-6-15(10-13)21(24)25)28-19(30-20(12)9-8-17(23)29-20)14-5-3-7-16(11-14)22(26)27/h2-12,18-19H,1H3/t12?,18-,19+,20-/m0/s1. The van der Waals surface area contributed by atoms with E-state index >= 15 is 0 Å². The summed E-state index contributed by atoms with van der Waals surface area (Å²) in [7, 11) is 0. The van der Waals surface area contributed by atoms with Crippen molar-refractivity contribution in [3.8, 4) is 0 Å². The van der Waals surface area contributed by atoms with Crippen LogP contribution in [0.3, 0.4) is 0 Å². The summed E-state index contributed by atoms with van der Waals surface area (Å²) < 4.78 is 17.5. The van der Waals surface area contributed by atoms with Crippen molar-refractivity contribution < 1.29 is 28.9 Å². The maximum atomic E-state index is 11.8. The van der Waals surface area contributed by atoms with Gasteiger partial charge in [0.15, 0.2) is 6.29 Å². The van der Waals surface area contributed by atoms with E-state index in [9.17, 15) is 25.0 Å². The predicted molar refractivity (Wildman–Crippen MR) is 101 cm³/mol. The molecule has 0 bridgehead atoms. The first kappa shape index (κ1) is 19.7. The molecule has 1 fully saturated rings. The first-order chi connectivity index (χ1) is 14.3. The Kier molecular flexibility index (Phi) is 4.80. The summed E-state index contributed by atoms with van der Waals surface area (Å²) in [6.45, 7) is 1.73. The fourth-order valence-electron chi connectivity index (χ4n) is 3.60. The summed E-state index contributed by atoms with van der Waals surface area (Å²) in [5, 5.41) is 22.3. The Morgan fingerprint density at radius 1 is 0.967 bits per heavy atom. The minimum absolute atomic E-state index is 0.116. The molecule has 0 N–H and O–H groups in total. The molecule has 1 saturated heterocycles. The lowest BCUT2D eigenvalue weighted by Crippen LogP contribution is -2.48. The molecule has 1 unspecified atom stereocenters. The van der Waals surface area contributed by atoms with Crippen LogP contribution in [0.4, 0.5) is 11.4 Å². The van der Waals surface area contributed by atoms with Crippen molar-refractivity contribution in [3.05, 3.63) is 92.0 Å². The van der Waals surface area contributed by atoms with Crippen LogP contribution in [0.1, 0.15) is 30.4 Å². The molecule has 2 aromatic rings. The van der Waals surface area contributed by atoms with E-state index in [1.807, 2.05) is 0 Å². The summed E-state index contributed by atoms with van der Waals surface area (Å²) >= 11 is 0. The minimum atomic E-state index is -1.47. The number of nitro groups is 2. The zero-order valence-electron chi connectivity index (χ0n) is 15.7. The monoisotopic (exact) mass is 412 g/mol. The quantitative estimate of drug-likeness (QED) is 0.422. The molecule has 0 aliphatic carbocycles. The Labute approximate surface area is 170 Å². The van der Waals surface area contributed by atoms with Gasteiger partial charge in [0.25, 0.3) is 11.4 Å². The molecule has 0 saturated carbocycles. The van der Waals surface area contributed by atoms with Gasteiger partial charge in [-0.2, -0.15) is 0 Å². The van der Waals surface area contributed by atoms with Crippen LogP contribution in [-0.2, 0) is 19.0 Å². The molecule has 4 atom stereocenters. The molecule has 2 aromatic carbocycles. The van der Waals surface area contributed by atoms with Gasteiger partial charge in [-0.15, -0.1) is 0 Å². The van der Waals surface area contributed by atoms with Gasteiger partial charge in [-0.1, -0.05) is 31.2 Å². The van der Waals surface area contributed by atoms with Crippen molar-refractivity contribution in [1.82, 2.24) is 0 Å². The Bertz CT molecular complexity index is 1070. The van der Waals surface area contributed by atoms with Crippen molar-refractivity contribution in [1.29, 1.82) is 0 Å². The van der Waals surface area contributed by atoms with Crippen molar-refractivity contribution in [2.45, 2.75) is 25.1 Å². The average Bonchev–Trinajstić information content (AvgIpc) is 3.11. The number of ether oxygens (including phenoxy) is 3. The zero-order chi connectivity index (χ0) is 21.5. The van der Waals surface area contributed by atoms with Gasteiger partial charge in [-0.05, 0) is 11.6 Å². The molecular weight excluding hydrogens is 396 g/mol. The van der Waals surface area contributed by atoms with E-state index in [2.05, 4.69) is 0 Å². The molecule has 30 heavy (non-hydrogen) atoms. The predicted octanol–water partition coefficient (Wildman–Crippen LogP) is 3.74. The van der Waals surface area contributed by atoms with Gasteiger partial charge in [0.1, 0.15) is 0 Å². The van der Waals surface area contributed by atoms with E-state index in [1.165, 1.54) is 48.6 Å². The van der Waals surface area contributed by atoms with Gasteiger partial charge in [-0.3, -0.25) is 20.2 Å². The number of nitrogens with zero attached hydrogens (tertiary/aromatic N) is 2. The summed E-state index contributed by atoms with van der Waals surface area (Å²) in [5.41, 5.74) is 0.571. The second-order valence-electron chi connectivity index (χ2n) is 6.98. The lowest BCUT2D eigenvalue weighted by molar-refractivity contribution is -0.386. The van der Waals surface area contributed by atoms with Crippen LogP contribution in [0.2, 0.25) is 0 Å². The van der Waals surface area contributed by atoms with Crippen LogP contribution in [-0.4, -0.2) is 21.6 Å². The van der Waals surface area contributed by atoms with E-state index in [4.69, 9.17) is 14.2 Å². The highest BCUT2D eigenvalue weighted by molar-refractivity contribution is 5.85. The lowest BCUT2D eigenvalue weighted by Gasteiger charge is -2.45. The summed E-state index contributed by atoms with van der Waals surface area (Å²) in [6.07, 6.45) is 0.841. The van der Waals surface area contributed by atoms with Gasteiger partial charge in [0.05, 0.1) is 21.9 Å². The molecule has 1 spiro atoms. The zero-order valence-corrected chi connectivity index (χ0v) is 15.7. The van der Waals surface area contributed by atoms with Crippen LogP contribution in [0.25, 0.3) is 0 Å². The second kappa shape index (κ2) is 7.32. The molecule has 0 aromatic heterocycles. The van der Waals surface area contributed by atoms with Gasteiger partial charge in [-0.25, -0.2) is 4.79 Å². The molecule has 4 rings (SSSR count). The molecule has 154 valence electrons. The van der Waals surface area contributed by atoms with Crippen LogP contribution >= 0.6 is 0 Å². The van der Waals surface area contributed by atoms with E-state index in [-0.39, 0.29) is 11.4 Å². The van der Waals surface area contributed by atoms with Crippen molar-refractivity contribution in [2.75, 3.05) is 0 Å². The lowest BCUT2D eigenvalue weighted by atomic mass is 9.88. The first-order valence-corrected chi connectivity index (χ1v) is 9.03. The average molecular weight is 412 g/mol. The number of hydrogen-bond donors (Lipinski definition) is 0. The molecule has 2 aliphatic rings. The molecule has 10 heteroatoms. The minimum Gasteiger partial charge on any atom is -0.426 e. The Morgan fingerprint density at radius 3 is 2.13 bits per heavy atom. The normalized spacial score (nSPS) is 27.8. The van der Waals surface area contributed by atoms with E-state index in [1.54, 1.807) is 19.1 Å². The Hall–Kier alpha value is -3.63. The van der Waals surface area contributed by atoms with Crippen molar-refractivity contribution in [2.24, 2.45) is 5.92 Å². The highest BCUT2D eigenvalue weighted by Crippen LogP contribution is 2.49. The number of non-ortho nitro benzene ring substituents is 2.